The fourth-order valence-corrected chi connectivity index (χ4v) is 2.20. The van der Waals surface area contributed by atoms with Gasteiger partial charge in [-0.25, -0.2) is 4.39 Å². The van der Waals surface area contributed by atoms with E-state index in [2.05, 4.69) is 5.32 Å². The Labute approximate surface area is 125 Å². The van der Waals surface area contributed by atoms with Gasteiger partial charge in [-0.3, -0.25) is 0 Å². The molecule has 0 fully saturated rings. The summed E-state index contributed by atoms with van der Waals surface area (Å²) in [6.07, 6.45) is 0. The Bertz CT molecular complexity index is 675. The van der Waals surface area contributed by atoms with Crippen LogP contribution in [0.3, 0.4) is 0 Å². The molecular weight excluding hydrogens is 302 g/mol. The van der Waals surface area contributed by atoms with E-state index in [4.69, 9.17) is 33.2 Å². The van der Waals surface area contributed by atoms with Crippen molar-refractivity contribution in [3.8, 4) is 11.8 Å². The molecule has 0 saturated heterocycles. The van der Waals surface area contributed by atoms with Gasteiger partial charge in [-0.15, -0.1) is 0 Å². The standard InChI is InChI=1S/C14H9Cl2FN2O/c1-20-10-3-2-8(7-18)13(6-10)19-14-11(15)4-9(17)5-12(14)16/h2-6,19H,1H3. The first kappa shape index (κ1) is 14.4. The molecule has 2 aromatic carbocycles. The van der Waals surface area contributed by atoms with Gasteiger partial charge in [0.15, 0.2) is 0 Å². The lowest BCUT2D eigenvalue weighted by Gasteiger charge is -2.13. The van der Waals surface area contributed by atoms with Gasteiger partial charge in [0.1, 0.15) is 17.6 Å². The summed E-state index contributed by atoms with van der Waals surface area (Å²) in [5.41, 5.74) is 1.20. The van der Waals surface area contributed by atoms with Crippen molar-refractivity contribution in [2.24, 2.45) is 0 Å². The van der Waals surface area contributed by atoms with E-state index in [9.17, 15) is 4.39 Å². The summed E-state index contributed by atoms with van der Waals surface area (Å²) in [6.45, 7) is 0. The smallest absolute Gasteiger partial charge is 0.126 e. The van der Waals surface area contributed by atoms with Crippen LogP contribution < -0.4 is 10.1 Å². The third kappa shape index (κ3) is 2.96. The fraction of sp³-hybridized carbons (Fsp3) is 0.0714. The topological polar surface area (TPSA) is 45.0 Å². The molecule has 0 amide bonds. The number of nitrogens with one attached hydrogen (secondary N) is 1. The van der Waals surface area contributed by atoms with E-state index in [1.165, 1.54) is 7.11 Å². The number of benzene rings is 2. The van der Waals surface area contributed by atoms with Crippen molar-refractivity contribution < 1.29 is 9.13 Å². The Morgan fingerprint density at radius 3 is 2.40 bits per heavy atom. The highest BCUT2D eigenvalue weighted by Gasteiger charge is 2.11. The highest BCUT2D eigenvalue weighted by Crippen LogP contribution is 2.35. The van der Waals surface area contributed by atoms with E-state index in [1.807, 2.05) is 6.07 Å². The highest BCUT2D eigenvalue weighted by molar-refractivity contribution is 6.39. The maximum atomic E-state index is 13.1. The van der Waals surface area contributed by atoms with E-state index < -0.39 is 5.82 Å². The van der Waals surface area contributed by atoms with Crippen LogP contribution in [0.5, 0.6) is 5.75 Å². The molecular formula is C14H9Cl2FN2O. The Hall–Kier alpha value is -1.96. The number of hydrogen-bond acceptors (Lipinski definition) is 3. The maximum Gasteiger partial charge on any atom is 0.126 e. The lowest BCUT2D eigenvalue weighted by Crippen LogP contribution is -1.97. The van der Waals surface area contributed by atoms with Crippen molar-refractivity contribution in [1.82, 2.24) is 0 Å². The number of nitriles is 1. The Balaban J connectivity index is 2.47. The summed E-state index contributed by atoms with van der Waals surface area (Å²) in [5, 5.41) is 12.3. The maximum absolute atomic E-state index is 13.1. The zero-order valence-corrected chi connectivity index (χ0v) is 11.9. The van der Waals surface area contributed by atoms with Crippen LogP contribution in [-0.4, -0.2) is 7.11 Å². The lowest BCUT2D eigenvalue weighted by molar-refractivity contribution is 0.415. The largest absolute Gasteiger partial charge is 0.497 e. The minimum Gasteiger partial charge on any atom is -0.497 e. The van der Waals surface area contributed by atoms with Gasteiger partial charge < -0.3 is 10.1 Å². The van der Waals surface area contributed by atoms with Crippen molar-refractivity contribution >= 4 is 34.6 Å². The molecule has 0 bridgehead atoms. The summed E-state index contributed by atoms with van der Waals surface area (Å²) in [4.78, 5) is 0. The predicted octanol–water partition coefficient (Wildman–Crippen LogP) is 4.76. The number of ether oxygens (including phenoxy) is 1. The van der Waals surface area contributed by atoms with Crippen LogP contribution in [-0.2, 0) is 0 Å². The summed E-state index contributed by atoms with van der Waals surface area (Å²) in [7, 11) is 1.52. The molecule has 0 aromatic heterocycles. The van der Waals surface area contributed by atoms with Gasteiger partial charge in [0.2, 0.25) is 0 Å². The van der Waals surface area contributed by atoms with Crippen molar-refractivity contribution in [2.45, 2.75) is 0 Å². The molecule has 1 N–H and O–H groups in total. The zero-order chi connectivity index (χ0) is 14.7. The Morgan fingerprint density at radius 2 is 1.85 bits per heavy atom. The third-order valence-corrected chi connectivity index (χ3v) is 3.21. The molecule has 0 saturated carbocycles. The fourth-order valence-electron chi connectivity index (χ4n) is 1.65. The van der Waals surface area contributed by atoms with Crippen molar-refractivity contribution in [3.05, 3.63) is 51.8 Å². The highest BCUT2D eigenvalue weighted by atomic mass is 35.5. The molecule has 102 valence electrons. The number of rotatable bonds is 3. The van der Waals surface area contributed by atoms with Gasteiger partial charge in [-0.1, -0.05) is 23.2 Å². The second kappa shape index (κ2) is 6.00. The number of methoxy groups -OCH3 is 1. The van der Waals surface area contributed by atoms with E-state index in [-0.39, 0.29) is 10.0 Å². The van der Waals surface area contributed by atoms with Crippen LogP contribution >= 0.6 is 23.2 Å². The molecule has 0 atom stereocenters. The molecule has 2 rings (SSSR count). The zero-order valence-electron chi connectivity index (χ0n) is 10.4. The summed E-state index contributed by atoms with van der Waals surface area (Å²) >= 11 is 11.9. The van der Waals surface area contributed by atoms with Crippen LogP contribution in [0.25, 0.3) is 0 Å². The van der Waals surface area contributed by atoms with Crippen LogP contribution in [0, 0.1) is 17.1 Å². The minimum atomic E-state index is -0.531. The lowest BCUT2D eigenvalue weighted by atomic mass is 10.1. The van der Waals surface area contributed by atoms with Crippen molar-refractivity contribution in [2.75, 3.05) is 12.4 Å². The van der Waals surface area contributed by atoms with Gasteiger partial charge in [0.05, 0.1) is 34.1 Å². The van der Waals surface area contributed by atoms with Gasteiger partial charge in [-0.05, 0) is 24.3 Å². The summed E-state index contributed by atoms with van der Waals surface area (Å²) < 4.78 is 18.2. The Morgan fingerprint density at radius 1 is 1.20 bits per heavy atom. The van der Waals surface area contributed by atoms with Crippen molar-refractivity contribution in [1.29, 1.82) is 5.26 Å². The molecule has 3 nitrogen and oxygen atoms in total. The average molecular weight is 311 g/mol. The second-order valence-corrected chi connectivity index (χ2v) is 4.71. The van der Waals surface area contributed by atoms with Crippen LogP contribution in [0.2, 0.25) is 10.0 Å². The number of hydrogen-bond donors (Lipinski definition) is 1. The van der Waals surface area contributed by atoms with E-state index in [1.54, 1.807) is 18.2 Å². The monoisotopic (exact) mass is 310 g/mol. The molecule has 0 radical (unpaired) electrons. The van der Waals surface area contributed by atoms with Gasteiger partial charge >= 0.3 is 0 Å². The van der Waals surface area contributed by atoms with Gasteiger partial charge in [0, 0.05) is 6.07 Å². The van der Waals surface area contributed by atoms with E-state index >= 15 is 0 Å². The molecule has 6 heteroatoms. The molecule has 0 aliphatic heterocycles. The van der Waals surface area contributed by atoms with Crippen LogP contribution in [0.15, 0.2) is 30.3 Å². The summed E-state index contributed by atoms with van der Waals surface area (Å²) in [6, 6.07) is 9.22. The molecule has 0 aliphatic rings. The predicted molar refractivity (Wildman–Crippen MR) is 77.4 cm³/mol. The number of anilines is 2. The van der Waals surface area contributed by atoms with E-state index in [0.717, 1.165) is 12.1 Å². The SMILES string of the molecule is COc1ccc(C#N)c(Nc2c(Cl)cc(F)cc2Cl)c1. The average Bonchev–Trinajstić information content (AvgIpc) is 2.42. The molecule has 2 aromatic rings. The quantitative estimate of drug-likeness (QED) is 0.889. The molecule has 0 heterocycles. The first-order valence-electron chi connectivity index (χ1n) is 5.55. The van der Waals surface area contributed by atoms with E-state index in [0.29, 0.717) is 22.7 Å². The minimum absolute atomic E-state index is 0.127. The number of halogens is 3. The molecule has 0 unspecified atom stereocenters. The number of nitrogens with zero attached hydrogens (tertiary/aromatic N) is 1. The molecule has 20 heavy (non-hydrogen) atoms. The first-order valence-corrected chi connectivity index (χ1v) is 6.30. The first-order chi connectivity index (χ1) is 9.55. The van der Waals surface area contributed by atoms with Crippen LogP contribution in [0.4, 0.5) is 15.8 Å². The van der Waals surface area contributed by atoms with Crippen molar-refractivity contribution in [3.63, 3.8) is 0 Å². The normalized spacial score (nSPS) is 9.95. The molecule has 0 aliphatic carbocycles. The third-order valence-electron chi connectivity index (χ3n) is 2.61. The van der Waals surface area contributed by atoms with Gasteiger partial charge in [0.25, 0.3) is 0 Å². The van der Waals surface area contributed by atoms with Crippen LogP contribution in [0.1, 0.15) is 5.56 Å². The molecule has 0 spiro atoms. The Kier molecular flexibility index (Phi) is 4.33. The summed E-state index contributed by atoms with van der Waals surface area (Å²) in [5.74, 6) is 0.0394. The van der Waals surface area contributed by atoms with Gasteiger partial charge in [-0.2, -0.15) is 5.26 Å². The second-order valence-electron chi connectivity index (χ2n) is 3.89.